The zero-order valence-corrected chi connectivity index (χ0v) is 11.2. The van der Waals surface area contributed by atoms with Crippen molar-refractivity contribution in [1.29, 1.82) is 0 Å². The van der Waals surface area contributed by atoms with Crippen molar-refractivity contribution in [2.24, 2.45) is 0 Å². The lowest BCUT2D eigenvalue weighted by molar-refractivity contribution is 1.58. The molecule has 0 fully saturated rings. The highest BCUT2D eigenvalue weighted by atomic mass is 79.9. The van der Waals surface area contributed by atoms with Gasteiger partial charge in [0.1, 0.15) is 0 Å². The Bertz CT molecular complexity index is 128. The van der Waals surface area contributed by atoms with Gasteiger partial charge >= 0.3 is 0 Å². The molecule has 0 rings (SSSR count). The Balaban J connectivity index is -0.0000000457. The van der Waals surface area contributed by atoms with Gasteiger partial charge in [-0.15, -0.1) is 34.0 Å². The molecule has 0 unspecified atom stereocenters. The molecule has 0 aliphatic rings. The molecule has 12 heavy (non-hydrogen) atoms. The van der Waals surface area contributed by atoms with Crippen molar-refractivity contribution < 1.29 is 0 Å². The van der Waals surface area contributed by atoms with E-state index >= 15 is 0 Å². The van der Waals surface area contributed by atoms with Gasteiger partial charge < -0.3 is 0 Å². The molecule has 0 aromatic heterocycles. The van der Waals surface area contributed by atoms with Crippen molar-refractivity contribution in [3.05, 3.63) is 49.6 Å². The number of rotatable bonds is 2. The Morgan fingerprint density at radius 1 is 0.833 bits per heavy atom. The van der Waals surface area contributed by atoms with E-state index in [1.54, 1.807) is 12.2 Å². The molecular formula is C10H18Br2. The lowest BCUT2D eigenvalue weighted by Gasteiger charge is -1.71. The van der Waals surface area contributed by atoms with Crippen molar-refractivity contribution in [1.82, 2.24) is 0 Å². The van der Waals surface area contributed by atoms with Gasteiger partial charge in [-0.1, -0.05) is 49.6 Å². The molecular weight excluding hydrogens is 280 g/mol. The van der Waals surface area contributed by atoms with E-state index in [1.807, 2.05) is 13.8 Å². The van der Waals surface area contributed by atoms with Gasteiger partial charge in [0.05, 0.1) is 0 Å². The van der Waals surface area contributed by atoms with Crippen molar-refractivity contribution in [3.8, 4) is 0 Å². The molecule has 2 heteroatoms. The van der Waals surface area contributed by atoms with Crippen LogP contribution in [-0.2, 0) is 0 Å². The summed E-state index contributed by atoms with van der Waals surface area (Å²) in [7, 11) is 0. The second-order valence-corrected chi connectivity index (χ2v) is 2.10. The second-order valence-electron chi connectivity index (χ2n) is 2.10. The molecule has 0 bridgehead atoms. The van der Waals surface area contributed by atoms with Crippen LogP contribution in [0.4, 0.5) is 0 Å². The first-order valence-corrected chi connectivity index (χ1v) is 3.10. The molecule has 0 aliphatic heterocycles. The summed E-state index contributed by atoms with van der Waals surface area (Å²) in [4.78, 5) is 0. The first-order chi connectivity index (χ1) is 4.54. The van der Waals surface area contributed by atoms with E-state index in [4.69, 9.17) is 0 Å². The van der Waals surface area contributed by atoms with E-state index in [1.165, 1.54) is 0 Å². The van der Waals surface area contributed by atoms with Gasteiger partial charge in [0.2, 0.25) is 0 Å². The molecule has 0 aromatic carbocycles. The Labute approximate surface area is 97.3 Å². The molecule has 0 aromatic rings. The van der Waals surface area contributed by atoms with Crippen molar-refractivity contribution in [2.45, 2.75) is 13.8 Å². The standard InChI is InChI=1S/2C5H8.2BrH/c2*1-4-5(2)3;;/h2*4H,1-2H2,3H3;2*1H. The summed E-state index contributed by atoms with van der Waals surface area (Å²) in [5, 5.41) is 0. The summed E-state index contributed by atoms with van der Waals surface area (Å²) >= 11 is 0. The number of halogens is 2. The quantitative estimate of drug-likeness (QED) is 0.651. The molecule has 0 amide bonds. The van der Waals surface area contributed by atoms with E-state index in [9.17, 15) is 0 Å². The lowest BCUT2D eigenvalue weighted by atomic mass is 10.4. The molecule has 0 radical (unpaired) electrons. The molecule has 0 spiro atoms. The van der Waals surface area contributed by atoms with Gasteiger partial charge in [0, 0.05) is 0 Å². The maximum atomic E-state index is 3.56. The average molecular weight is 298 g/mol. The van der Waals surface area contributed by atoms with Crippen LogP contribution in [0, 0.1) is 0 Å². The van der Waals surface area contributed by atoms with Crippen LogP contribution in [0.5, 0.6) is 0 Å². The molecule has 0 saturated carbocycles. The largest absolute Gasteiger partial charge is 0.114 e. The molecule has 0 aliphatic carbocycles. The normalized spacial score (nSPS) is 5.50. The highest BCUT2D eigenvalue weighted by molar-refractivity contribution is 8.93. The summed E-state index contributed by atoms with van der Waals surface area (Å²) in [6.07, 6.45) is 3.44. The Morgan fingerprint density at radius 3 is 0.917 bits per heavy atom. The van der Waals surface area contributed by atoms with Crippen LogP contribution < -0.4 is 0 Å². The van der Waals surface area contributed by atoms with Gasteiger partial charge in [-0.3, -0.25) is 0 Å². The summed E-state index contributed by atoms with van der Waals surface area (Å²) in [5.41, 5.74) is 2.04. The van der Waals surface area contributed by atoms with E-state index in [0.29, 0.717) is 0 Å². The summed E-state index contributed by atoms with van der Waals surface area (Å²) < 4.78 is 0. The van der Waals surface area contributed by atoms with Crippen LogP contribution in [0.2, 0.25) is 0 Å². The van der Waals surface area contributed by atoms with Gasteiger partial charge in [0.25, 0.3) is 0 Å². The molecule has 0 N–H and O–H groups in total. The van der Waals surface area contributed by atoms with E-state index in [2.05, 4.69) is 26.3 Å². The van der Waals surface area contributed by atoms with Crippen LogP contribution in [0.1, 0.15) is 13.8 Å². The summed E-state index contributed by atoms with van der Waals surface area (Å²) in [6.45, 7) is 17.9. The lowest BCUT2D eigenvalue weighted by Crippen LogP contribution is -1.50. The maximum absolute atomic E-state index is 3.56. The Kier molecular flexibility index (Phi) is 32.4. The molecule has 72 valence electrons. The monoisotopic (exact) mass is 296 g/mol. The molecule has 0 saturated heterocycles. The van der Waals surface area contributed by atoms with Crippen LogP contribution >= 0.6 is 34.0 Å². The SMILES string of the molecule is Br.Br.C=CC(=C)C.C=CC(=C)C. The average Bonchev–Trinajstić information content (AvgIpc) is 1.89. The first kappa shape index (κ1) is 22.7. The Morgan fingerprint density at radius 2 is 0.917 bits per heavy atom. The maximum Gasteiger partial charge on any atom is -0.0404 e. The topological polar surface area (TPSA) is 0 Å². The predicted octanol–water partition coefficient (Wildman–Crippen LogP) is 4.65. The first-order valence-electron chi connectivity index (χ1n) is 3.10. The highest BCUT2D eigenvalue weighted by Gasteiger charge is 1.59. The van der Waals surface area contributed by atoms with Gasteiger partial charge in [0.15, 0.2) is 0 Å². The van der Waals surface area contributed by atoms with Gasteiger partial charge in [-0.2, -0.15) is 0 Å². The van der Waals surface area contributed by atoms with Crippen LogP contribution in [0.3, 0.4) is 0 Å². The van der Waals surface area contributed by atoms with Crippen molar-refractivity contribution in [3.63, 3.8) is 0 Å². The van der Waals surface area contributed by atoms with Crippen LogP contribution in [0.25, 0.3) is 0 Å². The zero-order chi connectivity index (χ0) is 8.57. The van der Waals surface area contributed by atoms with E-state index in [-0.39, 0.29) is 34.0 Å². The minimum atomic E-state index is 0. The molecule has 0 nitrogen and oxygen atoms in total. The van der Waals surface area contributed by atoms with Gasteiger partial charge in [-0.05, 0) is 13.8 Å². The number of hydrogen-bond donors (Lipinski definition) is 0. The Hall–Kier alpha value is -0.0800. The fourth-order valence-electron chi connectivity index (χ4n) is 0. The number of allylic oxidation sites excluding steroid dienone is 4. The van der Waals surface area contributed by atoms with Gasteiger partial charge in [-0.25, -0.2) is 0 Å². The molecule has 0 heterocycles. The van der Waals surface area contributed by atoms with Crippen LogP contribution in [0.15, 0.2) is 49.6 Å². The fraction of sp³-hybridized carbons (Fsp3) is 0.200. The van der Waals surface area contributed by atoms with E-state index in [0.717, 1.165) is 11.1 Å². The van der Waals surface area contributed by atoms with Crippen molar-refractivity contribution >= 4 is 34.0 Å². The summed E-state index contributed by atoms with van der Waals surface area (Å²) in [5.74, 6) is 0. The van der Waals surface area contributed by atoms with Crippen LogP contribution in [-0.4, -0.2) is 0 Å². The second kappa shape index (κ2) is 17.1. The number of hydrogen-bond acceptors (Lipinski definition) is 0. The van der Waals surface area contributed by atoms with Crippen molar-refractivity contribution in [2.75, 3.05) is 0 Å². The molecule has 0 atom stereocenters. The minimum Gasteiger partial charge on any atom is -0.114 e. The highest BCUT2D eigenvalue weighted by Crippen LogP contribution is 1.81. The minimum absolute atomic E-state index is 0. The zero-order valence-electron chi connectivity index (χ0n) is 7.80. The smallest absolute Gasteiger partial charge is 0.0404 e. The third kappa shape index (κ3) is 51.4. The predicted molar refractivity (Wildman–Crippen MR) is 70.7 cm³/mol. The van der Waals surface area contributed by atoms with E-state index < -0.39 is 0 Å². The third-order valence-corrected chi connectivity index (χ3v) is 0.697. The summed E-state index contributed by atoms with van der Waals surface area (Å²) in [6, 6.07) is 0. The third-order valence-electron chi connectivity index (χ3n) is 0.697. The fourth-order valence-corrected chi connectivity index (χ4v) is 0.